The minimum atomic E-state index is -0.0818. The molecule has 0 bridgehead atoms. The van der Waals surface area contributed by atoms with Gasteiger partial charge in [-0.2, -0.15) is 0 Å². The van der Waals surface area contributed by atoms with E-state index in [1.165, 1.54) is 13.8 Å². The molecule has 1 aromatic heterocycles. The van der Waals surface area contributed by atoms with Crippen molar-refractivity contribution in [1.29, 1.82) is 0 Å². The van der Waals surface area contributed by atoms with Gasteiger partial charge in [-0.1, -0.05) is 11.6 Å². The van der Waals surface area contributed by atoms with E-state index in [-0.39, 0.29) is 11.8 Å². The Labute approximate surface area is 163 Å². The first kappa shape index (κ1) is 20.4. The maximum Gasteiger partial charge on any atom is 0.216 e. The molecule has 0 atom stereocenters. The molecule has 0 aliphatic heterocycles. The van der Waals surface area contributed by atoms with E-state index in [9.17, 15) is 9.59 Å². The predicted octanol–water partition coefficient (Wildman–Crippen LogP) is 1.89. The zero-order valence-electron chi connectivity index (χ0n) is 15.3. The molecule has 2 amide bonds. The fourth-order valence-corrected chi connectivity index (χ4v) is 2.34. The van der Waals surface area contributed by atoms with E-state index >= 15 is 0 Å². The van der Waals surface area contributed by atoms with Crippen LogP contribution in [0.1, 0.15) is 13.8 Å². The number of hydrogen-bond acceptors (Lipinski definition) is 6. The van der Waals surface area contributed by atoms with Gasteiger partial charge >= 0.3 is 0 Å². The van der Waals surface area contributed by atoms with Crippen LogP contribution in [0.4, 0.5) is 11.6 Å². The van der Waals surface area contributed by atoms with Crippen LogP contribution in [0.25, 0.3) is 11.4 Å². The van der Waals surface area contributed by atoms with E-state index in [2.05, 4.69) is 31.2 Å². The molecule has 9 heteroatoms. The molecule has 144 valence electrons. The molecule has 0 saturated heterocycles. The summed E-state index contributed by atoms with van der Waals surface area (Å²) in [5, 5.41) is 12.4. The first-order chi connectivity index (χ1) is 12.9. The number of carbonyl (C=O) groups excluding carboxylic acids is 2. The van der Waals surface area contributed by atoms with Gasteiger partial charge in [0, 0.05) is 56.7 Å². The highest BCUT2D eigenvalue weighted by Gasteiger charge is 2.07. The molecule has 2 aromatic rings. The van der Waals surface area contributed by atoms with Crippen LogP contribution in [0.15, 0.2) is 30.3 Å². The predicted molar refractivity (Wildman–Crippen MR) is 107 cm³/mol. The molecule has 0 fully saturated rings. The third kappa shape index (κ3) is 7.49. The van der Waals surface area contributed by atoms with Gasteiger partial charge in [-0.05, 0) is 24.3 Å². The highest BCUT2D eigenvalue weighted by molar-refractivity contribution is 6.30. The van der Waals surface area contributed by atoms with Crippen molar-refractivity contribution in [2.75, 3.05) is 36.8 Å². The number of amides is 2. The van der Waals surface area contributed by atoms with Crippen LogP contribution in [-0.4, -0.2) is 48.0 Å². The van der Waals surface area contributed by atoms with Crippen molar-refractivity contribution >= 4 is 35.1 Å². The van der Waals surface area contributed by atoms with Crippen LogP contribution in [0.5, 0.6) is 0 Å². The van der Waals surface area contributed by atoms with Gasteiger partial charge < -0.3 is 21.3 Å². The number of nitrogens with zero attached hydrogens (tertiary/aromatic N) is 2. The van der Waals surface area contributed by atoms with Crippen molar-refractivity contribution in [2.45, 2.75) is 13.8 Å². The summed E-state index contributed by atoms with van der Waals surface area (Å²) in [4.78, 5) is 30.9. The lowest BCUT2D eigenvalue weighted by atomic mass is 10.2. The summed E-state index contributed by atoms with van der Waals surface area (Å²) in [6.07, 6.45) is 0. The number of nitrogens with one attached hydrogen (secondary N) is 4. The summed E-state index contributed by atoms with van der Waals surface area (Å²) in [5.74, 6) is 1.63. The number of benzene rings is 1. The normalized spacial score (nSPS) is 10.2. The molecular formula is C18H23ClN6O2. The van der Waals surface area contributed by atoms with Crippen molar-refractivity contribution in [3.05, 3.63) is 35.4 Å². The number of carbonyl (C=O) groups is 2. The molecule has 0 aliphatic rings. The van der Waals surface area contributed by atoms with Crippen LogP contribution in [0, 0.1) is 0 Å². The Morgan fingerprint density at radius 2 is 1.33 bits per heavy atom. The summed E-state index contributed by atoms with van der Waals surface area (Å²) in [6, 6.07) is 9.03. The molecule has 0 aliphatic carbocycles. The highest BCUT2D eigenvalue weighted by atomic mass is 35.5. The third-order valence-electron chi connectivity index (χ3n) is 3.44. The van der Waals surface area contributed by atoms with Gasteiger partial charge in [0.15, 0.2) is 5.82 Å². The lowest BCUT2D eigenvalue weighted by Gasteiger charge is -2.12. The summed E-state index contributed by atoms with van der Waals surface area (Å²) in [7, 11) is 0. The Bertz CT molecular complexity index is 742. The topological polar surface area (TPSA) is 108 Å². The Kier molecular flexibility index (Phi) is 7.81. The molecule has 27 heavy (non-hydrogen) atoms. The number of aromatic nitrogens is 2. The summed E-state index contributed by atoms with van der Waals surface area (Å²) in [6.45, 7) is 4.98. The van der Waals surface area contributed by atoms with Crippen LogP contribution >= 0.6 is 11.6 Å². The maximum absolute atomic E-state index is 11.0. The monoisotopic (exact) mass is 390 g/mol. The molecule has 0 radical (unpaired) electrons. The molecule has 0 saturated carbocycles. The van der Waals surface area contributed by atoms with Crippen LogP contribution in [0.3, 0.4) is 0 Å². The Hall–Kier alpha value is -2.87. The number of halogens is 1. The molecule has 0 unspecified atom stereocenters. The SMILES string of the molecule is CC(=O)NCCNc1cc(NCCNC(C)=O)nc(-c2ccc(Cl)cc2)n1. The third-order valence-corrected chi connectivity index (χ3v) is 3.69. The van der Waals surface area contributed by atoms with Crippen molar-refractivity contribution < 1.29 is 9.59 Å². The Morgan fingerprint density at radius 1 is 0.852 bits per heavy atom. The van der Waals surface area contributed by atoms with Crippen molar-refractivity contribution in [2.24, 2.45) is 0 Å². The minimum Gasteiger partial charge on any atom is -0.368 e. The van der Waals surface area contributed by atoms with Crippen LogP contribution in [0.2, 0.25) is 5.02 Å². The van der Waals surface area contributed by atoms with Gasteiger partial charge in [0.1, 0.15) is 11.6 Å². The summed E-state index contributed by atoms with van der Waals surface area (Å²) in [5.41, 5.74) is 0.829. The molecule has 8 nitrogen and oxygen atoms in total. The average Bonchev–Trinajstić information content (AvgIpc) is 2.62. The van der Waals surface area contributed by atoms with Crippen molar-refractivity contribution in [1.82, 2.24) is 20.6 Å². The molecular weight excluding hydrogens is 368 g/mol. The molecule has 1 heterocycles. The average molecular weight is 391 g/mol. The molecule has 2 rings (SSSR count). The van der Waals surface area contributed by atoms with Crippen molar-refractivity contribution in [3.63, 3.8) is 0 Å². The Morgan fingerprint density at radius 3 is 1.78 bits per heavy atom. The standard InChI is InChI=1S/C18H23ClN6O2/c1-12(26)20-7-9-22-16-11-17(23-10-8-21-13(2)27)25-18(24-16)14-3-5-15(19)6-4-14/h3-6,11H,7-10H2,1-2H3,(H,20,26)(H,21,27)(H2,22,23,24,25). The largest absolute Gasteiger partial charge is 0.368 e. The summed E-state index contributed by atoms with van der Waals surface area (Å²) >= 11 is 5.95. The van der Waals surface area contributed by atoms with Gasteiger partial charge in [-0.3, -0.25) is 9.59 Å². The second-order valence-corrected chi connectivity index (χ2v) is 6.22. The summed E-state index contributed by atoms with van der Waals surface area (Å²) < 4.78 is 0. The fourth-order valence-electron chi connectivity index (χ4n) is 2.21. The van der Waals surface area contributed by atoms with Gasteiger partial charge in [-0.15, -0.1) is 0 Å². The zero-order valence-corrected chi connectivity index (χ0v) is 16.1. The highest BCUT2D eigenvalue weighted by Crippen LogP contribution is 2.22. The van der Waals surface area contributed by atoms with Crippen molar-refractivity contribution in [3.8, 4) is 11.4 Å². The quantitative estimate of drug-likeness (QED) is 0.487. The van der Waals surface area contributed by atoms with Gasteiger partial charge in [-0.25, -0.2) is 9.97 Å². The van der Waals surface area contributed by atoms with Gasteiger partial charge in [0.25, 0.3) is 0 Å². The smallest absolute Gasteiger partial charge is 0.216 e. The minimum absolute atomic E-state index is 0.0818. The zero-order chi connectivity index (χ0) is 19.6. The van der Waals surface area contributed by atoms with Crippen LogP contribution < -0.4 is 21.3 Å². The fraction of sp³-hybridized carbons (Fsp3) is 0.333. The number of hydrogen-bond donors (Lipinski definition) is 4. The Balaban J connectivity index is 2.12. The van der Waals surface area contributed by atoms with E-state index in [4.69, 9.17) is 11.6 Å². The van der Waals surface area contributed by atoms with Gasteiger partial charge in [0.05, 0.1) is 0 Å². The van der Waals surface area contributed by atoms with E-state index in [1.54, 1.807) is 18.2 Å². The molecule has 4 N–H and O–H groups in total. The second kappa shape index (κ2) is 10.3. The van der Waals surface area contributed by atoms with E-state index < -0.39 is 0 Å². The second-order valence-electron chi connectivity index (χ2n) is 5.79. The maximum atomic E-state index is 11.0. The van der Waals surface area contributed by atoms with Crippen LogP contribution in [-0.2, 0) is 9.59 Å². The number of anilines is 2. The molecule has 1 aromatic carbocycles. The number of rotatable bonds is 9. The lowest BCUT2D eigenvalue weighted by Crippen LogP contribution is -2.27. The lowest BCUT2D eigenvalue weighted by molar-refractivity contribution is -0.119. The van der Waals surface area contributed by atoms with E-state index in [1.807, 2.05) is 12.1 Å². The van der Waals surface area contributed by atoms with E-state index in [0.717, 1.165) is 5.56 Å². The van der Waals surface area contributed by atoms with E-state index in [0.29, 0.717) is 48.7 Å². The first-order valence-corrected chi connectivity index (χ1v) is 8.93. The van der Waals surface area contributed by atoms with Gasteiger partial charge in [0.2, 0.25) is 11.8 Å². The molecule has 0 spiro atoms. The first-order valence-electron chi connectivity index (χ1n) is 8.55.